The normalized spacial score (nSPS) is 17.2. The van der Waals surface area contributed by atoms with Gasteiger partial charge < -0.3 is 16.0 Å². The van der Waals surface area contributed by atoms with Crippen molar-refractivity contribution in [3.05, 3.63) is 17.8 Å². The van der Waals surface area contributed by atoms with Gasteiger partial charge in [0.15, 0.2) is 11.5 Å². The van der Waals surface area contributed by atoms with Crippen LogP contribution in [0.1, 0.15) is 31.3 Å². The Labute approximate surface area is 113 Å². The minimum absolute atomic E-state index is 0.139. The highest BCUT2D eigenvalue weighted by Crippen LogP contribution is 2.29. The highest BCUT2D eigenvalue weighted by atomic mass is 16.1. The fourth-order valence-corrected chi connectivity index (χ4v) is 2.06. The molecule has 1 aromatic heterocycles. The zero-order valence-electron chi connectivity index (χ0n) is 11.7. The molecule has 0 bridgehead atoms. The molecule has 1 saturated heterocycles. The average Bonchev–Trinajstić information content (AvgIpc) is 2.35. The van der Waals surface area contributed by atoms with Crippen LogP contribution in [0.15, 0.2) is 12.1 Å². The molecular formula is C13H21N5O. The molecule has 0 atom stereocenters. The first-order valence-corrected chi connectivity index (χ1v) is 6.62. The minimum Gasteiger partial charge on any atom is -0.351 e. The molecule has 104 valence electrons. The molecule has 1 aromatic rings. The Morgan fingerprint density at radius 2 is 2.16 bits per heavy atom. The van der Waals surface area contributed by atoms with Gasteiger partial charge >= 0.3 is 0 Å². The predicted molar refractivity (Wildman–Crippen MR) is 74.0 cm³/mol. The molecule has 1 aliphatic rings. The molecular weight excluding hydrogens is 242 g/mol. The van der Waals surface area contributed by atoms with Gasteiger partial charge in [0, 0.05) is 19.6 Å². The van der Waals surface area contributed by atoms with Crippen molar-refractivity contribution in [3.63, 3.8) is 0 Å². The van der Waals surface area contributed by atoms with Crippen LogP contribution in [0.5, 0.6) is 0 Å². The van der Waals surface area contributed by atoms with Crippen molar-refractivity contribution in [3.8, 4) is 0 Å². The maximum atomic E-state index is 11.6. The van der Waals surface area contributed by atoms with Gasteiger partial charge in [-0.05, 0) is 25.0 Å². The largest absolute Gasteiger partial charge is 0.351 e. The van der Waals surface area contributed by atoms with E-state index in [0.717, 1.165) is 18.9 Å². The molecule has 1 amide bonds. The standard InChI is InChI=1S/C13H21N5O/c1-4-15-12(19)10-5-6-11(17-16-10)18-7-13(14,8-18)9(2)3/h5-6,9H,4,7-8,14H2,1-3H3,(H,15,19). The number of carbonyl (C=O) groups is 1. The topological polar surface area (TPSA) is 84.1 Å². The van der Waals surface area contributed by atoms with Crippen LogP contribution in [0, 0.1) is 5.92 Å². The Hall–Kier alpha value is -1.69. The van der Waals surface area contributed by atoms with Crippen molar-refractivity contribution < 1.29 is 4.79 Å². The molecule has 0 aliphatic carbocycles. The smallest absolute Gasteiger partial charge is 0.271 e. The molecule has 19 heavy (non-hydrogen) atoms. The Morgan fingerprint density at radius 1 is 1.47 bits per heavy atom. The fraction of sp³-hybridized carbons (Fsp3) is 0.615. The van der Waals surface area contributed by atoms with Crippen molar-refractivity contribution in [2.75, 3.05) is 24.5 Å². The molecule has 2 heterocycles. The average molecular weight is 263 g/mol. The number of hydrogen-bond acceptors (Lipinski definition) is 5. The summed E-state index contributed by atoms with van der Waals surface area (Å²) in [5.41, 5.74) is 6.44. The van der Waals surface area contributed by atoms with E-state index < -0.39 is 0 Å². The van der Waals surface area contributed by atoms with E-state index in [0.29, 0.717) is 18.2 Å². The van der Waals surface area contributed by atoms with Gasteiger partial charge in [-0.15, -0.1) is 10.2 Å². The summed E-state index contributed by atoms with van der Waals surface area (Å²) in [5, 5.41) is 10.7. The van der Waals surface area contributed by atoms with Gasteiger partial charge in [0.1, 0.15) is 0 Å². The molecule has 1 aliphatic heterocycles. The van der Waals surface area contributed by atoms with E-state index in [1.165, 1.54) is 0 Å². The Morgan fingerprint density at radius 3 is 2.63 bits per heavy atom. The summed E-state index contributed by atoms with van der Waals surface area (Å²) in [5.74, 6) is 1.02. The third kappa shape index (κ3) is 2.68. The molecule has 0 aromatic carbocycles. The molecule has 6 nitrogen and oxygen atoms in total. The molecule has 0 spiro atoms. The molecule has 1 fully saturated rings. The van der Waals surface area contributed by atoms with Crippen LogP contribution in [-0.2, 0) is 0 Å². The third-order valence-electron chi connectivity index (χ3n) is 3.66. The number of amides is 1. The number of aromatic nitrogens is 2. The zero-order chi connectivity index (χ0) is 14.0. The van der Waals surface area contributed by atoms with Gasteiger partial charge in [0.05, 0.1) is 5.54 Å². The van der Waals surface area contributed by atoms with E-state index in [-0.39, 0.29) is 11.4 Å². The summed E-state index contributed by atoms with van der Waals surface area (Å²) in [4.78, 5) is 13.6. The first-order chi connectivity index (χ1) is 8.96. The minimum atomic E-state index is -0.194. The van der Waals surface area contributed by atoms with Crippen LogP contribution in [0.3, 0.4) is 0 Å². The zero-order valence-corrected chi connectivity index (χ0v) is 11.7. The van der Waals surface area contributed by atoms with Crippen LogP contribution in [-0.4, -0.2) is 41.3 Å². The predicted octanol–water partition coefficient (Wildman–Crippen LogP) is 0.400. The molecule has 2 rings (SSSR count). The first kappa shape index (κ1) is 13.7. The number of anilines is 1. The molecule has 0 saturated carbocycles. The molecule has 3 N–H and O–H groups in total. The number of carbonyl (C=O) groups excluding carboxylic acids is 1. The van der Waals surface area contributed by atoms with Gasteiger partial charge in [-0.2, -0.15) is 0 Å². The van der Waals surface area contributed by atoms with Crippen molar-refractivity contribution in [1.29, 1.82) is 0 Å². The Kier molecular flexibility index (Phi) is 3.71. The highest BCUT2D eigenvalue weighted by Gasteiger charge is 2.42. The summed E-state index contributed by atoms with van der Waals surface area (Å²) < 4.78 is 0. The third-order valence-corrected chi connectivity index (χ3v) is 3.66. The van der Waals surface area contributed by atoms with Crippen LogP contribution in [0.25, 0.3) is 0 Å². The van der Waals surface area contributed by atoms with E-state index in [1.54, 1.807) is 6.07 Å². The maximum absolute atomic E-state index is 11.6. The van der Waals surface area contributed by atoms with Crippen molar-refractivity contribution in [2.45, 2.75) is 26.3 Å². The summed E-state index contributed by atoms with van der Waals surface area (Å²) in [6, 6.07) is 3.51. The van der Waals surface area contributed by atoms with E-state index >= 15 is 0 Å². The van der Waals surface area contributed by atoms with Gasteiger partial charge in [-0.3, -0.25) is 4.79 Å². The van der Waals surface area contributed by atoms with E-state index in [2.05, 4.69) is 34.3 Å². The van der Waals surface area contributed by atoms with Crippen molar-refractivity contribution in [1.82, 2.24) is 15.5 Å². The lowest BCUT2D eigenvalue weighted by molar-refractivity contribution is 0.0950. The highest BCUT2D eigenvalue weighted by molar-refractivity contribution is 5.92. The second-order valence-electron chi connectivity index (χ2n) is 5.38. The molecule has 6 heteroatoms. The van der Waals surface area contributed by atoms with Gasteiger partial charge in [0.25, 0.3) is 5.91 Å². The second-order valence-corrected chi connectivity index (χ2v) is 5.38. The van der Waals surface area contributed by atoms with Crippen LogP contribution < -0.4 is 16.0 Å². The quantitative estimate of drug-likeness (QED) is 0.821. The number of nitrogens with two attached hydrogens (primary N) is 1. The van der Waals surface area contributed by atoms with Gasteiger partial charge in [-0.25, -0.2) is 0 Å². The number of rotatable bonds is 4. The fourth-order valence-electron chi connectivity index (χ4n) is 2.06. The van der Waals surface area contributed by atoms with Crippen LogP contribution in [0.4, 0.5) is 5.82 Å². The monoisotopic (exact) mass is 263 g/mol. The Bertz CT molecular complexity index is 451. The lowest BCUT2D eigenvalue weighted by atomic mass is 9.80. The number of nitrogens with one attached hydrogen (secondary N) is 1. The summed E-state index contributed by atoms with van der Waals surface area (Å²) in [7, 11) is 0. The molecule has 0 unspecified atom stereocenters. The maximum Gasteiger partial charge on any atom is 0.271 e. The summed E-state index contributed by atoms with van der Waals surface area (Å²) >= 11 is 0. The molecule has 0 radical (unpaired) electrons. The summed E-state index contributed by atoms with van der Waals surface area (Å²) in [6.07, 6.45) is 0. The number of hydrogen-bond donors (Lipinski definition) is 2. The van der Waals surface area contributed by atoms with Crippen LogP contribution >= 0.6 is 0 Å². The summed E-state index contributed by atoms with van der Waals surface area (Å²) in [6.45, 7) is 8.26. The lowest BCUT2D eigenvalue weighted by Gasteiger charge is -2.50. The van der Waals surface area contributed by atoms with E-state index in [1.807, 2.05) is 13.0 Å². The van der Waals surface area contributed by atoms with Crippen molar-refractivity contribution in [2.24, 2.45) is 11.7 Å². The SMILES string of the molecule is CCNC(=O)c1ccc(N2CC(N)(C(C)C)C2)nn1. The first-order valence-electron chi connectivity index (χ1n) is 6.62. The van der Waals surface area contributed by atoms with E-state index in [9.17, 15) is 4.79 Å². The van der Waals surface area contributed by atoms with E-state index in [4.69, 9.17) is 5.73 Å². The Balaban J connectivity index is 1.99. The van der Waals surface area contributed by atoms with Crippen LogP contribution in [0.2, 0.25) is 0 Å². The van der Waals surface area contributed by atoms with Gasteiger partial charge in [-0.1, -0.05) is 13.8 Å². The van der Waals surface area contributed by atoms with Crippen molar-refractivity contribution >= 4 is 11.7 Å². The van der Waals surface area contributed by atoms with Gasteiger partial charge in [0.2, 0.25) is 0 Å². The second kappa shape index (κ2) is 5.13. The lowest BCUT2D eigenvalue weighted by Crippen LogP contribution is -2.70. The number of nitrogens with zero attached hydrogens (tertiary/aromatic N) is 3.